The Labute approximate surface area is 175 Å². The number of carbonyl (C=O) groups excluding carboxylic acids is 1. The van der Waals surface area contributed by atoms with Gasteiger partial charge in [0.05, 0.1) is 16.3 Å². The quantitative estimate of drug-likeness (QED) is 0.297. The lowest BCUT2D eigenvalue weighted by atomic mass is 10.1. The number of rotatable bonds is 6. The molecule has 0 heterocycles. The normalized spacial score (nSPS) is 15.9. The number of hydrogen-bond donors (Lipinski definition) is 3. The lowest BCUT2D eigenvalue weighted by Crippen LogP contribution is -2.39. The van der Waals surface area contributed by atoms with Gasteiger partial charge >= 0.3 is 0 Å². The largest absolute Gasteiger partial charge is 0.364 e. The van der Waals surface area contributed by atoms with Crippen molar-refractivity contribution in [3.63, 3.8) is 0 Å². The third-order valence-corrected chi connectivity index (χ3v) is 5.41. The molecule has 1 atom stereocenters. The maximum atomic E-state index is 14.0. The van der Waals surface area contributed by atoms with Crippen molar-refractivity contribution >= 4 is 51.5 Å². The van der Waals surface area contributed by atoms with Crippen molar-refractivity contribution < 1.29 is 19.1 Å². The van der Waals surface area contributed by atoms with Crippen molar-refractivity contribution in [1.82, 2.24) is 5.48 Å². The van der Waals surface area contributed by atoms with Gasteiger partial charge in [-0.25, -0.2) is 14.7 Å². The van der Waals surface area contributed by atoms with Gasteiger partial charge in [0, 0.05) is 15.2 Å². The highest BCUT2D eigenvalue weighted by atomic mass is 127. The highest BCUT2D eigenvalue weighted by Gasteiger charge is 2.42. The second-order valence-electron chi connectivity index (χ2n) is 6.76. The van der Waals surface area contributed by atoms with Crippen molar-refractivity contribution in [2.45, 2.75) is 32.5 Å². The van der Waals surface area contributed by atoms with Crippen molar-refractivity contribution in [3.8, 4) is 0 Å². The molecule has 0 saturated heterocycles. The standard InChI is InChI=1S/C19H19ClFIN2O3/c1-10-7-12(22)5-6-16(10)23-17-9-15(21)14(20)8-13(17)18(25)24-27-19(2,26)11-3-4-11/h5-9,11,23,26H,3-4H2,1-2H3,(H,24,25). The average molecular weight is 505 g/mol. The van der Waals surface area contributed by atoms with Crippen LogP contribution in [0, 0.1) is 22.2 Å². The van der Waals surface area contributed by atoms with Gasteiger partial charge < -0.3 is 10.4 Å². The molecule has 0 radical (unpaired) electrons. The Kier molecular flexibility index (Phi) is 5.95. The van der Waals surface area contributed by atoms with Crippen molar-refractivity contribution in [2.75, 3.05) is 5.32 Å². The van der Waals surface area contributed by atoms with Crippen LogP contribution in [0.5, 0.6) is 0 Å². The summed E-state index contributed by atoms with van der Waals surface area (Å²) < 4.78 is 15.1. The number of amides is 1. The van der Waals surface area contributed by atoms with Crippen LogP contribution in [0.2, 0.25) is 5.02 Å². The Balaban J connectivity index is 1.85. The predicted octanol–water partition coefficient (Wildman–Crippen LogP) is 4.92. The Morgan fingerprint density at radius 2 is 2.04 bits per heavy atom. The minimum atomic E-state index is -1.44. The summed E-state index contributed by atoms with van der Waals surface area (Å²) in [6.07, 6.45) is 1.67. The molecule has 144 valence electrons. The molecule has 0 spiro atoms. The second kappa shape index (κ2) is 7.90. The molecule has 1 fully saturated rings. The van der Waals surface area contributed by atoms with Crippen molar-refractivity contribution in [2.24, 2.45) is 5.92 Å². The number of nitrogens with one attached hydrogen (secondary N) is 2. The summed E-state index contributed by atoms with van der Waals surface area (Å²) in [7, 11) is 0. The Morgan fingerprint density at radius 1 is 1.33 bits per heavy atom. The molecule has 1 unspecified atom stereocenters. The van der Waals surface area contributed by atoms with Gasteiger partial charge in [0.15, 0.2) is 5.79 Å². The Hall–Kier alpha value is -1.42. The highest BCUT2D eigenvalue weighted by molar-refractivity contribution is 14.1. The van der Waals surface area contributed by atoms with E-state index in [2.05, 4.69) is 33.4 Å². The van der Waals surface area contributed by atoms with Gasteiger partial charge in [0.2, 0.25) is 0 Å². The molecule has 3 N–H and O–H groups in total. The van der Waals surface area contributed by atoms with Gasteiger partial charge in [-0.15, -0.1) is 0 Å². The maximum Gasteiger partial charge on any atom is 0.277 e. The molecule has 1 amide bonds. The first kappa shape index (κ1) is 20.3. The average Bonchev–Trinajstić information content (AvgIpc) is 3.44. The molecule has 5 nitrogen and oxygen atoms in total. The summed E-state index contributed by atoms with van der Waals surface area (Å²) in [5.41, 5.74) is 4.27. The Bertz CT molecular complexity index is 887. The molecule has 0 aromatic heterocycles. The van der Waals surface area contributed by atoms with Crippen molar-refractivity contribution in [1.29, 1.82) is 0 Å². The van der Waals surface area contributed by atoms with E-state index >= 15 is 0 Å². The molecule has 0 aliphatic heterocycles. The molecule has 0 bridgehead atoms. The number of hydroxylamine groups is 1. The van der Waals surface area contributed by atoms with E-state index in [4.69, 9.17) is 16.4 Å². The fourth-order valence-electron chi connectivity index (χ4n) is 2.66. The molecule has 1 aliphatic carbocycles. The topological polar surface area (TPSA) is 70.6 Å². The molecule has 1 aliphatic rings. The lowest BCUT2D eigenvalue weighted by Gasteiger charge is -2.23. The zero-order valence-corrected chi connectivity index (χ0v) is 17.7. The molecule has 1 saturated carbocycles. The summed E-state index contributed by atoms with van der Waals surface area (Å²) in [6.45, 7) is 3.41. The third-order valence-electron chi connectivity index (χ3n) is 4.45. The van der Waals surface area contributed by atoms with Crippen LogP contribution in [0.15, 0.2) is 30.3 Å². The second-order valence-corrected chi connectivity index (χ2v) is 8.41. The Morgan fingerprint density at radius 3 is 2.67 bits per heavy atom. The molecular weight excluding hydrogens is 486 g/mol. The van der Waals surface area contributed by atoms with E-state index < -0.39 is 17.5 Å². The van der Waals surface area contributed by atoms with Crippen LogP contribution >= 0.6 is 34.2 Å². The number of aryl methyl sites for hydroxylation is 1. The van der Waals surface area contributed by atoms with E-state index in [-0.39, 0.29) is 22.2 Å². The van der Waals surface area contributed by atoms with E-state index in [1.807, 2.05) is 25.1 Å². The molecule has 27 heavy (non-hydrogen) atoms. The number of aliphatic hydroxyl groups is 1. The first-order chi connectivity index (χ1) is 12.7. The van der Waals surface area contributed by atoms with Gasteiger partial charge in [-0.1, -0.05) is 11.6 Å². The van der Waals surface area contributed by atoms with Gasteiger partial charge in [0.25, 0.3) is 5.91 Å². The van der Waals surface area contributed by atoms with Gasteiger partial charge in [0.1, 0.15) is 5.82 Å². The van der Waals surface area contributed by atoms with E-state index in [0.29, 0.717) is 0 Å². The lowest BCUT2D eigenvalue weighted by molar-refractivity contribution is -0.230. The minimum absolute atomic E-state index is 0.0124. The van der Waals surface area contributed by atoms with E-state index in [1.54, 1.807) is 0 Å². The van der Waals surface area contributed by atoms with Gasteiger partial charge in [-0.05, 0) is 85.2 Å². The van der Waals surface area contributed by atoms with E-state index in [9.17, 15) is 14.3 Å². The summed E-state index contributed by atoms with van der Waals surface area (Å²) in [4.78, 5) is 17.8. The monoisotopic (exact) mass is 504 g/mol. The zero-order valence-electron chi connectivity index (χ0n) is 14.8. The first-order valence-corrected chi connectivity index (χ1v) is 9.86. The minimum Gasteiger partial charge on any atom is -0.364 e. The van der Waals surface area contributed by atoms with Crippen LogP contribution in [0.1, 0.15) is 35.7 Å². The van der Waals surface area contributed by atoms with Crippen molar-refractivity contribution in [3.05, 3.63) is 55.9 Å². The predicted molar refractivity (Wildman–Crippen MR) is 110 cm³/mol. The third kappa shape index (κ3) is 4.90. The van der Waals surface area contributed by atoms with Crippen LogP contribution in [0.25, 0.3) is 0 Å². The van der Waals surface area contributed by atoms with E-state index in [0.717, 1.165) is 33.7 Å². The number of halogens is 3. The molecule has 2 aromatic carbocycles. The van der Waals surface area contributed by atoms with Crippen LogP contribution < -0.4 is 10.8 Å². The van der Waals surface area contributed by atoms with Gasteiger partial charge in [-0.2, -0.15) is 0 Å². The fourth-order valence-corrected chi connectivity index (χ4v) is 3.47. The molecule has 3 rings (SSSR count). The first-order valence-electron chi connectivity index (χ1n) is 8.40. The van der Waals surface area contributed by atoms with E-state index in [1.165, 1.54) is 13.0 Å². The van der Waals surface area contributed by atoms with Crippen LogP contribution in [0.4, 0.5) is 15.8 Å². The number of carbonyl (C=O) groups is 1. The fraction of sp³-hybridized carbons (Fsp3) is 0.316. The number of benzene rings is 2. The molecule has 2 aromatic rings. The van der Waals surface area contributed by atoms with Crippen LogP contribution in [0.3, 0.4) is 0 Å². The van der Waals surface area contributed by atoms with Gasteiger partial charge in [-0.3, -0.25) is 4.79 Å². The summed E-state index contributed by atoms with van der Waals surface area (Å²) >= 11 is 8.06. The highest BCUT2D eigenvalue weighted by Crippen LogP contribution is 2.39. The maximum absolute atomic E-state index is 14.0. The van der Waals surface area contributed by atoms with Crippen LogP contribution in [-0.2, 0) is 4.84 Å². The smallest absolute Gasteiger partial charge is 0.277 e. The zero-order chi connectivity index (χ0) is 19.8. The molecular formula is C19H19ClFIN2O3. The number of anilines is 2. The SMILES string of the molecule is Cc1cc(I)ccc1Nc1cc(F)c(Cl)cc1C(=O)NOC(C)(O)C1CC1. The molecule has 8 heteroatoms. The summed E-state index contributed by atoms with van der Waals surface area (Å²) in [6, 6.07) is 8.10. The summed E-state index contributed by atoms with van der Waals surface area (Å²) in [5.74, 6) is -2.74. The number of hydrogen-bond acceptors (Lipinski definition) is 4. The van der Waals surface area contributed by atoms with Crippen LogP contribution in [-0.4, -0.2) is 16.8 Å². The summed E-state index contributed by atoms with van der Waals surface area (Å²) in [5, 5.41) is 13.1.